The molecule has 0 bridgehead atoms. The van der Waals surface area contributed by atoms with Crippen molar-refractivity contribution in [2.45, 2.75) is 84.6 Å². The van der Waals surface area contributed by atoms with Crippen LogP contribution >= 0.6 is 0 Å². The highest BCUT2D eigenvalue weighted by Gasteiger charge is 2.21. The SMILES string of the molecule is CS(=O)(=O)O.Cc1cc(C(C)(C)C)cc(C(C)(C)C)c1.Cc1cc(S(=O)(=O)O)c2ccccc2c1.Cc1cccc2cccc(-c3cccc4cccc(C(=O)O)c34)c12.O=C(O)c1ccc(C(=O)O)c2ccccc12.O=C(O)c1cccc2c(COO)cccc12. The molecule has 7 N–H and O–H groups in total. The van der Waals surface area contributed by atoms with Crippen molar-refractivity contribution in [3.63, 3.8) is 0 Å². The third-order valence-electron chi connectivity index (χ3n) is 14.4. The number of carboxylic acid groups (broad SMARTS) is 4. The van der Waals surface area contributed by atoms with Gasteiger partial charge < -0.3 is 20.4 Å². The van der Waals surface area contributed by atoms with Crippen molar-refractivity contribution < 1.29 is 75.7 Å². The van der Waals surface area contributed by atoms with Gasteiger partial charge in [-0.15, -0.1) is 0 Å². The first-order chi connectivity index (χ1) is 42.6. The van der Waals surface area contributed by atoms with Gasteiger partial charge >= 0.3 is 23.9 Å². The van der Waals surface area contributed by atoms with Crippen LogP contribution in [-0.2, 0) is 42.6 Å². The smallest absolute Gasteiger partial charge is 0.336 e. The Morgan fingerprint density at radius 1 is 0.407 bits per heavy atom. The molecule has 11 aromatic rings. The van der Waals surface area contributed by atoms with E-state index in [0.29, 0.717) is 33.4 Å². The molecular formula is C73H72O16S2. The summed E-state index contributed by atoms with van der Waals surface area (Å²) in [7, 11) is -7.82. The largest absolute Gasteiger partial charge is 0.478 e. The van der Waals surface area contributed by atoms with Crippen LogP contribution in [0, 0.1) is 20.8 Å². The van der Waals surface area contributed by atoms with Crippen LogP contribution in [0.15, 0.2) is 205 Å². The molecule has 0 heterocycles. The number of rotatable bonds is 8. The summed E-state index contributed by atoms with van der Waals surface area (Å²) < 4.78 is 57.3. The molecule has 0 aromatic heterocycles. The second kappa shape index (κ2) is 29.8. The quantitative estimate of drug-likeness (QED) is 0.0423. The van der Waals surface area contributed by atoms with Crippen LogP contribution < -0.4 is 0 Å². The number of fused-ring (bicyclic) bond motifs is 5. The van der Waals surface area contributed by atoms with Crippen LogP contribution in [0.1, 0.15) is 116 Å². The molecule has 0 saturated heterocycles. The minimum absolute atomic E-state index is 0.0295. The van der Waals surface area contributed by atoms with E-state index in [2.05, 4.69) is 103 Å². The third kappa shape index (κ3) is 18.7. The first-order valence-corrected chi connectivity index (χ1v) is 31.6. The zero-order chi connectivity index (χ0) is 67.3. The van der Waals surface area contributed by atoms with Crippen molar-refractivity contribution in [1.82, 2.24) is 0 Å². The highest BCUT2D eigenvalue weighted by Crippen LogP contribution is 2.37. The van der Waals surface area contributed by atoms with Crippen LogP contribution in [0.25, 0.3) is 65.0 Å². The van der Waals surface area contributed by atoms with E-state index in [1.165, 1.54) is 45.8 Å². The molecule has 11 rings (SSSR count). The first-order valence-electron chi connectivity index (χ1n) is 28.3. The average Bonchev–Trinajstić information content (AvgIpc) is 0.793. The molecule has 91 heavy (non-hydrogen) atoms. The molecule has 472 valence electrons. The first kappa shape index (κ1) is 70.4. The lowest BCUT2D eigenvalue weighted by Gasteiger charge is -2.25. The lowest BCUT2D eigenvalue weighted by atomic mass is 9.80. The second-order valence-electron chi connectivity index (χ2n) is 23.5. The molecule has 11 aromatic carbocycles. The Morgan fingerprint density at radius 2 is 0.769 bits per heavy atom. The number of aryl methyl sites for hydroxylation is 3. The second-order valence-corrected chi connectivity index (χ2v) is 26.3. The fourth-order valence-electron chi connectivity index (χ4n) is 10.2. The third-order valence-corrected chi connectivity index (χ3v) is 15.3. The lowest BCUT2D eigenvalue weighted by molar-refractivity contribution is -0.252. The van der Waals surface area contributed by atoms with Crippen molar-refractivity contribution in [2.75, 3.05) is 6.26 Å². The van der Waals surface area contributed by atoms with Gasteiger partial charge in [-0.1, -0.05) is 217 Å². The minimum atomic E-state index is -4.15. The van der Waals surface area contributed by atoms with Gasteiger partial charge in [0.2, 0.25) is 0 Å². The van der Waals surface area contributed by atoms with Crippen molar-refractivity contribution in [1.29, 1.82) is 0 Å². The summed E-state index contributed by atoms with van der Waals surface area (Å²) in [6.45, 7) is 19.7. The van der Waals surface area contributed by atoms with Gasteiger partial charge in [0.05, 0.1) is 28.5 Å². The zero-order valence-electron chi connectivity index (χ0n) is 51.9. The molecular weight excluding hydrogens is 1200 g/mol. The molecule has 0 radical (unpaired) electrons. The highest BCUT2D eigenvalue weighted by molar-refractivity contribution is 7.86. The fraction of sp³-hybridized carbons (Fsp3) is 0.178. The minimum Gasteiger partial charge on any atom is -0.478 e. The Kier molecular flexibility index (Phi) is 23.0. The monoisotopic (exact) mass is 1270 g/mol. The topological polar surface area (TPSA) is 287 Å². The van der Waals surface area contributed by atoms with Crippen molar-refractivity contribution in [2.24, 2.45) is 0 Å². The van der Waals surface area contributed by atoms with E-state index in [-0.39, 0.29) is 39.0 Å². The van der Waals surface area contributed by atoms with Gasteiger partial charge in [-0.3, -0.25) is 14.4 Å². The number of benzene rings is 11. The molecule has 16 nitrogen and oxygen atoms in total. The Balaban J connectivity index is 0.000000180. The average molecular weight is 1270 g/mol. The normalized spacial score (nSPS) is 11.3. The highest BCUT2D eigenvalue weighted by atomic mass is 32.2. The molecule has 0 spiro atoms. The molecule has 0 aliphatic heterocycles. The maximum Gasteiger partial charge on any atom is 0.336 e. The van der Waals surface area contributed by atoms with E-state index in [4.69, 9.17) is 29.7 Å². The van der Waals surface area contributed by atoms with Gasteiger partial charge in [-0.25, -0.2) is 24.1 Å². The van der Waals surface area contributed by atoms with Crippen LogP contribution in [0.2, 0.25) is 0 Å². The molecule has 0 saturated carbocycles. The molecule has 0 amide bonds. The number of aromatic carboxylic acids is 4. The predicted octanol–water partition coefficient (Wildman–Crippen LogP) is 16.9. The van der Waals surface area contributed by atoms with Gasteiger partial charge in [0.25, 0.3) is 20.2 Å². The van der Waals surface area contributed by atoms with Gasteiger partial charge in [-0.2, -0.15) is 16.8 Å². The van der Waals surface area contributed by atoms with Gasteiger partial charge in [0, 0.05) is 10.8 Å². The molecule has 0 unspecified atom stereocenters. The number of hydrogen-bond donors (Lipinski definition) is 7. The summed E-state index contributed by atoms with van der Waals surface area (Å²) in [4.78, 5) is 48.7. The Hall–Kier alpha value is -9.66. The standard InChI is InChI=1S/C22H16O2.C15H24.C12H10O4.C12H8O4.C11H10O3S.CH4O3S/c1-14-6-2-7-15-8-3-11-17(20(14)15)18-12-4-9-16-10-5-13-19(21(16)18)22(23)24;1-11-8-12(14(2,3)4)10-13(9-11)15(5,6)7;13-12(14)11-6-2-4-9-8(7-16-15)3-1-5-10(9)11;13-11(14)9-5-6-10(12(15)16)8-4-2-1-3-7(8)9;1-8-6-9-4-2-3-5-10(9)11(7-8)15(12,13)14;1-5(2,3)4/h2-13H,1H3,(H,23,24);8-10H,1-7H3;1-6,15H,7H2,(H,13,14);1-6H,(H,13,14)(H,15,16);2-7H,1H3,(H,12,13,14);1H3,(H,2,3,4). The number of carbonyl (C=O) groups is 4. The predicted molar refractivity (Wildman–Crippen MR) is 359 cm³/mol. The van der Waals surface area contributed by atoms with E-state index in [1.54, 1.807) is 91.9 Å². The Morgan fingerprint density at radius 3 is 1.25 bits per heavy atom. The van der Waals surface area contributed by atoms with Crippen molar-refractivity contribution >= 4 is 98.0 Å². The summed E-state index contributed by atoms with van der Waals surface area (Å²) in [5.74, 6) is -3.99. The van der Waals surface area contributed by atoms with E-state index in [9.17, 15) is 41.1 Å². The molecule has 18 heteroatoms. The maximum atomic E-state index is 11.7. The van der Waals surface area contributed by atoms with Gasteiger partial charge in [-0.05, 0) is 144 Å². The fourth-order valence-corrected chi connectivity index (χ4v) is 11.0. The van der Waals surface area contributed by atoms with E-state index >= 15 is 0 Å². The van der Waals surface area contributed by atoms with E-state index in [1.807, 2.05) is 54.6 Å². The molecule has 0 aliphatic rings. The molecule has 0 atom stereocenters. The van der Waals surface area contributed by atoms with Gasteiger partial charge in [0.15, 0.2) is 0 Å². The number of hydrogen-bond acceptors (Lipinski definition) is 10. The summed E-state index contributed by atoms with van der Waals surface area (Å²) in [5.41, 5.74) is 10.3. The van der Waals surface area contributed by atoms with Crippen LogP contribution in [0.3, 0.4) is 0 Å². The van der Waals surface area contributed by atoms with Gasteiger partial charge in [0.1, 0.15) is 11.5 Å². The number of carboxylic acids is 4. The maximum absolute atomic E-state index is 11.7. The molecule has 0 fully saturated rings. The Bertz CT molecular complexity index is 4650. The van der Waals surface area contributed by atoms with Crippen LogP contribution in [-0.4, -0.2) is 81.8 Å². The van der Waals surface area contributed by atoms with Crippen LogP contribution in [0.4, 0.5) is 0 Å². The summed E-state index contributed by atoms with van der Waals surface area (Å²) in [6.07, 6.45) is 0.715. The van der Waals surface area contributed by atoms with Crippen molar-refractivity contribution in [3.05, 3.63) is 256 Å². The summed E-state index contributed by atoms with van der Waals surface area (Å²) in [6, 6.07) is 60.7. The lowest BCUT2D eigenvalue weighted by Crippen LogP contribution is -2.16. The summed E-state index contributed by atoms with van der Waals surface area (Å²) >= 11 is 0. The van der Waals surface area contributed by atoms with E-state index < -0.39 is 44.1 Å². The molecule has 0 aliphatic carbocycles. The van der Waals surface area contributed by atoms with E-state index in [0.717, 1.165) is 49.2 Å². The summed E-state index contributed by atoms with van der Waals surface area (Å²) in [5, 5.41) is 52.7. The van der Waals surface area contributed by atoms with Crippen molar-refractivity contribution in [3.8, 4) is 11.1 Å². The Labute approximate surface area is 528 Å². The van der Waals surface area contributed by atoms with Crippen LogP contribution in [0.5, 0.6) is 0 Å². The zero-order valence-corrected chi connectivity index (χ0v) is 53.5.